The zero-order valence-electron chi connectivity index (χ0n) is 15.1. The molecule has 1 aliphatic rings. The molecular formula is C22H24N2O2. The molecule has 2 aromatic carbocycles. The van der Waals surface area contributed by atoms with Crippen LogP contribution in [0.25, 0.3) is 0 Å². The van der Waals surface area contributed by atoms with E-state index in [9.17, 15) is 4.79 Å². The number of benzene rings is 2. The number of fused-ring (bicyclic) bond motifs is 1. The summed E-state index contributed by atoms with van der Waals surface area (Å²) in [6.07, 6.45) is 2.85. The van der Waals surface area contributed by atoms with Gasteiger partial charge in [-0.05, 0) is 61.1 Å². The molecule has 0 saturated heterocycles. The minimum atomic E-state index is 0.0751. The Hall–Kier alpha value is -2.80. The lowest BCUT2D eigenvalue weighted by Crippen LogP contribution is -2.32. The predicted octanol–water partition coefficient (Wildman–Crippen LogP) is 4.45. The highest BCUT2D eigenvalue weighted by atomic mass is 16.5. The van der Waals surface area contributed by atoms with Gasteiger partial charge in [-0.25, -0.2) is 0 Å². The van der Waals surface area contributed by atoms with E-state index >= 15 is 0 Å². The van der Waals surface area contributed by atoms with Gasteiger partial charge in [0.25, 0.3) is 0 Å². The highest BCUT2D eigenvalue weighted by Gasteiger charge is 2.26. The number of anilines is 1. The van der Waals surface area contributed by atoms with Crippen LogP contribution in [0.5, 0.6) is 5.75 Å². The largest absolute Gasteiger partial charge is 0.494 e. The fourth-order valence-corrected chi connectivity index (χ4v) is 3.63. The van der Waals surface area contributed by atoms with Gasteiger partial charge in [-0.3, -0.25) is 4.79 Å². The van der Waals surface area contributed by atoms with E-state index in [-0.39, 0.29) is 11.8 Å². The average molecular weight is 348 g/mol. The van der Waals surface area contributed by atoms with Crippen LogP contribution < -0.4 is 9.64 Å². The van der Waals surface area contributed by atoms with Gasteiger partial charge >= 0.3 is 0 Å². The molecule has 2 aromatic rings. The Labute approximate surface area is 155 Å². The lowest BCUT2D eigenvalue weighted by Gasteiger charge is -2.24. The Morgan fingerprint density at radius 1 is 1.23 bits per heavy atom. The number of aryl methyl sites for hydroxylation is 1. The Balaban J connectivity index is 1.75. The molecule has 0 aliphatic heterocycles. The van der Waals surface area contributed by atoms with Gasteiger partial charge in [0.2, 0.25) is 5.91 Å². The standard InChI is InChI=1S/C22H24N2O2/c1-2-26-20-12-10-19(11-13-20)24(15-5-14-23)22(25)16-18-9-8-17-6-3-4-7-21(17)18/h3-4,6-7,10-13,18H,2,5,8-9,15-16H2,1H3. The van der Waals surface area contributed by atoms with Gasteiger partial charge in [0.15, 0.2) is 0 Å². The number of carbonyl (C=O) groups excluding carboxylic acids is 1. The topological polar surface area (TPSA) is 53.3 Å². The third-order valence-corrected chi connectivity index (χ3v) is 4.89. The zero-order chi connectivity index (χ0) is 18.4. The normalized spacial score (nSPS) is 15.2. The van der Waals surface area contributed by atoms with Crippen LogP contribution in [0, 0.1) is 11.3 Å². The van der Waals surface area contributed by atoms with Crippen LogP contribution in [0.15, 0.2) is 48.5 Å². The van der Waals surface area contributed by atoms with Crippen LogP contribution in [0.4, 0.5) is 5.69 Å². The van der Waals surface area contributed by atoms with E-state index in [1.165, 1.54) is 11.1 Å². The van der Waals surface area contributed by atoms with Crippen molar-refractivity contribution in [2.24, 2.45) is 0 Å². The molecule has 0 aromatic heterocycles. The number of rotatable bonds is 7. The van der Waals surface area contributed by atoms with Crippen molar-refractivity contribution in [3.8, 4) is 11.8 Å². The van der Waals surface area contributed by atoms with Gasteiger partial charge in [-0.15, -0.1) is 0 Å². The van der Waals surface area contributed by atoms with Gasteiger partial charge in [0.1, 0.15) is 5.75 Å². The van der Waals surface area contributed by atoms with E-state index in [2.05, 4.69) is 24.3 Å². The molecule has 134 valence electrons. The Morgan fingerprint density at radius 2 is 2.00 bits per heavy atom. The minimum Gasteiger partial charge on any atom is -0.494 e. The van der Waals surface area contributed by atoms with Gasteiger partial charge < -0.3 is 9.64 Å². The molecule has 0 heterocycles. The number of amides is 1. The molecule has 1 unspecified atom stereocenters. The average Bonchev–Trinajstić information content (AvgIpc) is 3.07. The van der Waals surface area contributed by atoms with Crippen molar-refractivity contribution >= 4 is 11.6 Å². The number of hydrogen-bond acceptors (Lipinski definition) is 3. The summed E-state index contributed by atoms with van der Waals surface area (Å²) in [6.45, 7) is 2.96. The van der Waals surface area contributed by atoms with E-state index in [1.54, 1.807) is 4.90 Å². The molecule has 1 aliphatic carbocycles. The molecule has 0 N–H and O–H groups in total. The highest BCUT2D eigenvalue weighted by molar-refractivity contribution is 5.94. The molecule has 0 bridgehead atoms. The maximum atomic E-state index is 13.0. The van der Waals surface area contributed by atoms with Crippen molar-refractivity contribution in [2.45, 2.75) is 38.5 Å². The summed E-state index contributed by atoms with van der Waals surface area (Å²) in [5.41, 5.74) is 3.47. The van der Waals surface area contributed by atoms with Crippen molar-refractivity contribution in [3.05, 3.63) is 59.7 Å². The number of nitrogens with zero attached hydrogens (tertiary/aromatic N) is 2. The molecule has 0 saturated carbocycles. The van der Waals surface area contributed by atoms with Crippen molar-refractivity contribution in [2.75, 3.05) is 18.1 Å². The second kappa shape index (κ2) is 8.53. The fourth-order valence-electron chi connectivity index (χ4n) is 3.63. The van der Waals surface area contributed by atoms with Crippen LogP contribution in [-0.2, 0) is 11.2 Å². The lowest BCUT2D eigenvalue weighted by molar-refractivity contribution is -0.119. The molecule has 0 spiro atoms. The Bertz CT molecular complexity index is 793. The van der Waals surface area contributed by atoms with Crippen LogP contribution in [-0.4, -0.2) is 19.1 Å². The minimum absolute atomic E-state index is 0.0751. The zero-order valence-corrected chi connectivity index (χ0v) is 15.1. The smallest absolute Gasteiger partial charge is 0.227 e. The molecule has 1 amide bonds. The predicted molar refractivity (Wildman–Crippen MR) is 102 cm³/mol. The maximum Gasteiger partial charge on any atom is 0.227 e. The molecule has 26 heavy (non-hydrogen) atoms. The Kier molecular flexibility index (Phi) is 5.91. The van der Waals surface area contributed by atoms with Crippen LogP contribution in [0.1, 0.15) is 43.2 Å². The Morgan fingerprint density at radius 3 is 2.73 bits per heavy atom. The van der Waals surface area contributed by atoms with Crippen molar-refractivity contribution < 1.29 is 9.53 Å². The summed E-state index contributed by atoms with van der Waals surface area (Å²) >= 11 is 0. The summed E-state index contributed by atoms with van der Waals surface area (Å²) in [7, 11) is 0. The van der Waals surface area contributed by atoms with Gasteiger partial charge in [-0.1, -0.05) is 24.3 Å². The first-order chi connectivity index (χ1) is 12.7. The molecule has 3 rings (SSSR count). The number of ether oxygens (including phenoxy) is 1. The first kappa shape index (κ1) is 18.0. The third kappa shape index (κ3) is 4.05. The van der Waals surface area contributed by atoms with Crippen molar-refractivity contribution in [1.82, 2.24) is 0 Å². The van der Waals surface area contributed by atoms with E-state index < -0.39 is 0 Å². The fraction of sp³-hybridized carbons (Fsp3) is 0.364. The SMILES string of the molecule is CCOc1ccc(N(CCC#N)C(=O)CC2CCc3ccccc32)cc1. The summed E-state index contributed by atoms with van der Waals surface area (Å²) in [5.74, 6) is 1.13. The van der Waals surface area contributed by atoms with E-state index in [0.29, 0.717) is 26.0 Å². The van der Waals surface area contributed by atoms with E-state index in [1.807, 2.05) is 37.3 Å². The molecule has 1 atom stereocenters. The van der Waals surface area contributed by atoms with Crippen molar-refractivity contribution in [3.63, 3.8) is 0 Å². The second-order valence-electron chi connectivity index (χ2n) is 6.52. The summed E-state index contributed by atoms with van der Waals surface area (Å²) in [6, 6.07) is 18.1. The van der Waals surface area contributed by atoms with Gasteiger partial charge in [0.05, 0.1) is 19.1 Å². The maximum absolute atomic E-state index is 13.0. The molecular weight excluding hydrogens is 324 g/mol. The molecule has 0 radical (unpaired) electrons. The first-order valence-corrected chi connectivity index (χ1v) is 9.21. The van der Waals surface area contributed by atoms with Gasteiger partial charge in [-0.2, -0.15) is 5.26 Å². The molecule has 4 nitrogen and oxygen atoms in total. The monoisotopic (exact) mass is 348 g/mol. The van der Waals surface area contributed by atoms with E-state index in [4.69, 9.17) is 10.00 Å². The molecule has 0 fully saturated rings. The summed E-state index contributed by atoms with van der Waals surface area (Å²) in [4.78, 5) is 14.7. The molecule has 4 heteroatoms. The quantitative estimate of drug-likeness (QED) is 0.743. The lowest BCUT2D eigenvalue weighted by atomic mass is 9.97. The van der Waals surface area contributed by atoms with Crippen LogP contribution in [0.2, 0.25) is 0 Å². The third-order valence-electron chi connectivity index (χ3n) is 4.89. The van der Waals surface area contributed by atoms with Crippen LogP contribution >= 0.6 is 0 Å². The van der Waals surface area contributed by atoms with Crippen molar-refractivity contribution in [1.29, 1.82) is 5.26 Å². The number of carbonyl (C=O) groups is 1. The summed E-state index contributed by atoms with van der Waals surface area (Å²) in [5, 5.41) is 8.96. The van der Waals surface area contributed by atoms with E-state index in [0.717, 1.165) is 24.3 Å². The first-order valence-electron chi connectivity index (χ1n) is 9.21. The number of nitriles is 1. The number of hydrogen-bond donors (Lipinski definition) is 0. The second-order valence-corrected chi connectivity index (χ2v) is 6.52. The van der Waals surface area contributed by atoms with Gasteiger partial charge in [0, 0.05) is 18.7 Å². The van der Waals surface area contributed by atoms with Crippen LogP contribution in [0.3, 0.4) is 0 Å². The highest BCUT2D eigenvalue weighted by Crippen LogP contribution is 2.36. The summed E-state index contributed by atoms with van der Waals surface area (Å²) < 4.78 is 5.47.